The van der Waals surface area contributed by atoms with Crippen LogP contribution in [-0.2, 0) is 6.54 Å². The fourth-order valence-electron chi connectivity index (χ4n) is 2.94. The summed E-state index contributed by atoms with van der Waals surface area (Å²) >= 11 is 0. The smallest absolute Gasteiger partial charge is 0.161 e. The van der Waals surface area contributed by atoms with Crippen molar-refractivity contribution in [2.75, 3.05) is 39.9 Å². The summed E-state index contributed by atoms with van der Waals surface area (Å²) in [6.07, 6.45) is 5.09. The fourth-order valence-corrected chi connectivity index (χ4v) is 2.94. The van der Waals surface area contributed by atoms with Crippen LogP contribution in [0.15, 0.2) is 30.9 Å². The number of nitrogens with zero attached hydrogens (tertiary/aromatic N) is 1. The zero-order valence-corrected chi connectivity index (χ0v) is 14.7. The Bertz CT molecular complexity index is 501. The van der Waals surface area contributed by atoms with Crippen LogP contribution in [0.4, 0.5) is 0 Å². The van der Waals surface area contributed by atoms with Gasteiger partial charge in [-0.1, -0.05) is 18.6 Å². The van der Waals surface area contributed by atoms with Crippen LogP contribution in [0, 0.1) is 0 Å². The van der Waals surface area contributed by atoms with Gasteiger partial charge in [-0.3, -0.25) is 0 Å². The van der Waals surface area contributed by atoms with Gasteiger partial charge < -0.3 is 24.8 Å². The van der Waals surface area contributed by atoms with Crippen molar-refractivity contribution < 1.29 is 14.6 Å². The minimum atomic E-state index is -0.490. The SMILES string of the molecule is C=CCNCc1ccc(OC)c(OCC(O)CN2CCCCC2)c1. The number of benzene rings is 1. The summed E-state index contributed by atoms with van der Waals surface area (Å²) in [7, 11) is 1.63. The van der Waals surface area contributed by atoms with Crippen molar-refractivity contribution in [3.63, 3.8) is 0 Å². The predicted molar refractivity (Wildman–Crippen MR) is 96.7 cm³/mol. The van der Waals surface area contributed by atoms with Gasteiger partial charge in [0.1, 0.15) is 12.7 Å². The molecule has 0 amide bonds. The van der Waals surface area contributed by atoms with Crippen molar-refractivity contribution in [1.82, 2.24) is 10.2 Å². The van der Waals surface area contributed by atoms with E-state index in [2.05, 4.69) is 16.8 Å². The van der Waals surface area contributed by atoms with Crippen molar-refractivity contribution >= 4 is 0 Å². The van der Waals surface area contributed by atoms with Gasteiger partial charge in [0.25, 0.3) is 0 Å². The molecular weight excluding hydrogens is 304 g/mol. The number of hydrogen-bond acceptors (Lipinski definition) is 5. The third-order valence-electron chi connectivity index (χ3n) is 4.19. The van der Waals surface area contributed by atoms with Crippen molar-refractivity contribution in [3.05, 3.63) is 36.4 Å². The van der Waals surface area contributed by atoms with Crippen molar-refractivity contribution in [2.45, 2.75) is 31.9 Å². The molecule has 0 spiro atoms. The van der Waals surface area contributed by atoms with Gasteiger partial charge >= 0.3 is 0 Å². The molecule has 2 rings (SSSR count). The van der Waals surface area contributed by atoms with Crippen LogP contribution >= 0.6 is 0 Å². The zero-order chi connectivity index (χ0) is 17.2. The number of ether oxygens (including phenoxy) is 2. The first-order chi connectivity index (χ1) is 11.7. The van der Waals surface area contributed by atoms with Crippen molar-refractivity contribution in [1.29, 1.82) is 0 Å². The Morgan fingerprint density at radius 3 is 2.79 bits per heavy atom. The Kier molecular flexibility index (Phi) is 8.08. The molecule has 1 aliphatic rings. The van der Waals surface area contributed by atoms with E-state index in [9.17, 15) is 5.11 Å². The first kappa shape index (κ1) is 18.8. The molecule has 0 saturated carbocycles. The summed E-state index contributed by atoms with van der Waals surface area (Å²) in [6.45, 7) is 8.29. The number of β-amino-alcohol motifs (C(OH)–C–C–N with tert-alkyl or cyclic N) is 1. The van der Waals surface area contributed by atoms with Gasteiger partial charge in [0.05, 0.1) is 7.11 Å². The molecule has 1 aromatic rings. The van der Waals surface area contributed by atoms with E-state index in [4.69, 9.17) is 9.47 Å². The average Bonchev–Trinajstić information content (AvgIpc) is 2.61. The summed E-state index contributed by atoms with van der Waals surface area (Å²) in [6, 6.07) is 5.87. The lowest BCUT2D eigenvalue weighted by molar-refractivity contribution is 0.0608. The number of hydrogen-bond donors (Lipinski definition) is 2. The summed E-state index contributed by atoms with van der Waals surface area (Å²) in [5, 5.41) is 13.5. The van der Waals surface area contributed by atoms with Crippen LogP contribution in [0.3, 0.4) is 0 Å². The highest BCUT2D eigenvalue weighted by Crippen LogP contribution is 2.28. The lowest BCUT2D eigenvalue weighted by Gasteiger charge is -2.28. The Morgan fingerprint density at radius 2 is 2.08 bits per heavy atom. The van der Waals surface area contributed by atoms with Crippen molar-refractivity contribution in [2.24, 2.45) is 0 Å². The number of aliphatic hydroxyl groups excluding tert-OH is 1. The topological polar surface area (TPSA) is 54.0 Å². The lowest BCUT2D eigenvalue weighted by Crippen LogP contribution is -2.38. The van der Waals surface area contributed by atoms with E-state index in [1.165, 1.54) is 19.3 Å². The molecule has 0 bridgehead atoms. The Balaban J connectivity index is 1.86. The summed E-state index contributed by atoms with van der Waals surface area (Å²) in [5.74, 6) is 1.36. The second kappa shape index (κ2) is 10.3. The molecule has 1 atom stereocenters. The minimum absolute atomic E-state index is 0.274. The summed E-state index contributed by atoms with van der Waals surface area (Å²) < 4.78 is 11.2. The predicted octanol–water partition coefficient (Wildman–Crippen LogP) is 2.20. The first-order valence-corrected chi connectivity index (χ1v) is 8.74. The molecule has 2 N–H and O–H groups in total. The average molecular weight is 334 g/mol. The molecule has 134 valence electrons. The Hall–Kier alpha value is -1.56. The highest BCUT2D eigenvalue weighted by molar-refractivity contribution is 5.43. The molecule has 0 aromatic heterocycles. The van der Waals surface area contributed by atoms with Gasteiger partial charge in [-0.05, 0) is 43.6 Å². The van der Waals surface area contributed by atoms with Crippen LogP contribution in [0.2, 0.25) is 0 Å². The maximum Gasteiger partial charge on any atom is 0.161 e. The van der Waals surface area contributed by atoms with Crippen LogP contribution in [0.25, 0.3) is 0 Å². The van der Waals surface area contributed by atoms with Gasteiger partial charge in [0.2, 0.25) is 0 Å². The quantitative estimate of drug-likeness (QED) is 0.507. The molecule has 0 radical (unpaired) electrons. The van der Waals surface area contributed by atoms with Gasteiger partial charge in [0, 0.05) is 19.6 Å². The third-order valence-corrected chi connectivity index (χ3v) is 4.19. The van der Waals surface area contributed by atoms with Gasteiger partial charge in [-0.15, -0.1) is 6.58 Å². The van der Waals surface area contributed by atoms with Crippen LogP contribution in [0.5, 0.6) is 11.5 Å². The van der Waals surface area contributed by atoms with Gasteiger partial charge in [0.15, 0.2) is 11.5 Å². The molecule has 1 heterocycles. The van der Waals surface area contributed by atoms with Crippen LogP contribution < -0.4 is 14.8 Å². The molecule has 24 heavy (non-hydrogen) atoms. The Labute approximate surface area is 145 Å². The lowest BCUT2D eigenvalue weighted by atomic mass is 10.1. The number of likely N-dealkylation sites (tertiary alicyclic amines) is 1. The van der Waals surface area contributed by atoms with E-state index in [1.54, 1.807) is 7.11 Å². The standard InChI is InChI=1S/C19H30N2O3/c1-3-9-20-13-16-7-8-18(23-2)19(12-16)24-15-17(22)14-21-10-5-4-6-11-21/h3,7-8,12,17,20,22H,1,4-6,9-11,13-15H2,2H3. The molecule has 1 fully saturated rings. The normalized spacial score (nSPS) is 16.6. The number of methoxy groups -OCH3 is 1. The highest BCUT2D eigenvalue weighted by atomic mass is 16.5. The first-order valence-electron chi connectivity index (χ1n) is 8.74. The number of rotatable bonds is 10. The molecule has 1 saturated heterocycles. The minimum Gasteiger partial charge on any atom is -0.493 e. The van der Waals surface area contributed by atoms with E-state index in [-0.39, 0.29) is 6.61 Å². The molecular formula is C19H30N2O3. The number of nitrogens with one attached hydrogen (secondary N) is 1. The molecule has 0 aliphatic carbocycles. The van der Waals surface area contributed by atoms with Gasteiger partial charge in [-0.2, -0.15) is 0 Å². The number of aliphatic hydroxyl groups is 1. The van der Waals surface area contributed by atoms with Gasteiger partial charge in [-0.25, -0.2) is 0 Å². The largest absolute Gasteiger partial charge is 0.493 e. The van der Waals surface area contributed by atoms with Crippen LogP contribution in [0.1, 0.15) is 24.8 Å². The Morgan fingerprint density at radius 1 is 1.29 bits per heavy atom. The maximum atomic E-state index is 10.2. The maximum absolute atomic E-state index is 10.2. The molecule has 5 nitrogen and oxygen atoms in total. The van der Waals surface area contributed by atoms with Crippen molar-refractivity contribution in [3.8, 4) is 11.5 Å². The van der Waals surface area contributed by atoms with E-state index in [0.717, 1.165) is 31.7 Å². The molecule has 1 aromatic carbocycles. The third kappa shape index (κ3) is 6.15. The second-order valence-electron chi connectivity index (χ2n) is 6.23. The molecule has 1 unspecified atom stereocenters. The van der Waals surface area contributed by atoms with E-state index in [0.29, 0.717) is 18.0 Å². The van der Waals surface area contributed by atoms with Crippen LogP contribution in [-0.4, -0.2) is 56.0 Å². The molecule has 1 aliphatic heterocycles. The summed E-state index contributed by atoms with van der Waals surface area (Å²) in [4.78, 5) is 2.31. The zero-order valence-electron chi connectivity index (χ0n) is 14.7. The van der Waals surface area contributed by atoms with E-state index in [1.807, 2.05) is 24.3 Å². The highest BCUT2D eigenvalue weighted by Gasteiger charge is 2.16. The van der Waals surface area contributed by atoms with E-state index < -0.39 is 6.10 Å². The summed E-state index contributed by atoms with van der Waals surface area (Å²) in [5.41, 5.74) is 1.11. The fraction of sp³-hybridized carbons (Fsp3) is 0.579. The molecule has 5 heteroatoms. The van der Waals surface area contributed by atoms with E-state index >= 15 is 0 Å². The number of piperidine rings is 1. The monoisotopic (exact) mass is 334 g/mol. The second-order valence-corrected chi connectivity index (χ2v) is 6.23.